The highest BCUT2D eigenvalue weighted by Crippen LogP contribution is 2.37. The molecule has 1 saturated heterocycles. The monoisotopic (exact) mass is 491 g/mol. The Morgan fingerprint density at radius 1 is 1.05 bits per heavy atom. The number of para-hydroxylation sites is 1. The molecule has 1 amide bonds. The Balaban J connectivity index is 1.32. The lowest BCUT2D eigenvalue weighted by molar-refractivity contribution is 0.0933. The Morgan fingerprint density at radius 2 is 1.86 bits per heavy atom. The minimum Gasteiger partial charge on any atom is -0.497 e. The van der Waals surface area contributed by atoms with Crippen LogP contribution in [0.25, 0.3) is 22.6 Å². The smallest absolute Gasteiger partial charge is 0.252 e. The quantitative estimate of drug-likeness (QED) is 0.427. The maximum atomic E-state index is 13.8. The summed E-state index contributed by atoms with van der Waals surface area (Å²) in [6, 6.07) is 17.8. The van der Waals surface area contributed by atoms with Gasteiger partial charge in [0.05, 0.1) is 23.9 Å². The summed E-state index contributed by atoms with van der Waals surface area (Å²) >= 11 is 0. The third kappa shape index (κ3) is 4.65. The second kappa shape index (κ2) is 10.0. The molecule has 1 aliphatic heterocycles. The van der Waals surface area contributed by atoms with Gasteiger partial charge in [0.15, 0.2) is 0 Å². The van der Waals surface area contributed by atoms with Crippen molar-refractivity contribution in [2.75, 3.05) is 25.1 Å². The van der Waals surface area contributed by atoms with E-state index < -0.39 is 0 Å². The fraction of sp³-hybridized carbons (Fsp3) is 0.267. The van der Waals surface area contributed by atoms with E-state index in [-0.39, 0.29) is 11.9 Å². The molecule has 2 aromatic heterocycles. The van der Waals surface area contributed by atoms with Crippen molar-refractivity contribution in [2.45, 2.75) is 31.7 Å². The van der Waals surface area contributed by atoms with Crippen molar-refractivity contribution in [2.24, 2.45) is 0 Å². The van der Waals surface area contributed by atoms with Crippen molar-refractivity contribution in [1.82, 2.24) is 20.3 Å². The Labute approximate surface area is 216 Å². The van der Waals surface area contributed by atoms with E-state index in [0.717, 1.165) is 76.8 Å². The fourth-order valence-electron chi connectivity index (χ4n) is 5.43. The lowest BCUT2D eigenvalue weighted by atomic mass is 9.98. The van der Waals surface area contributed by atoms with Crippen LogP contribution < -0.4 is 15.0 Å². The molecule has 0 radical (unpaired) electrons. The number of pyridine rings is 1. The largest absolute Gasteiger partial charge is 0.497 e. The number of carbonyl (C=O) groups is 1. The minimum absolute atomic E-state index is 0.0265. The molecule has 1 N–H and O–H groups in total. The number of methoxy groups -OCH3 is 1. The first-order valence-electron chi connectivity index (χ1n) is 12.8. The molecule has 37 heavy (non-hydrogen) atoms. The number of anilines is 1. The van der Waals surface area contributed by atoms with Crippen molar-refractivity contribution >= 4 is 34.4 Å². The molecule has 1 fully saturated rings. The number of hydrogen-bond donors (Lipinski definition) is 1. The van der Waals surface area contributed by atoms with Crippen LogP contribution in [0.4, 0.5) is 5.95 Å². The molecular formula is C30H29N5O2. The number of nitrogens with one attached hydrogen (secondary N) is 1. The number of ether oxygens (including phenoxy) is 1. The summed E-state index contributed by atoms with van der Waals surface area (Å²) in [6.45, 7) is 1.59. The van der Waals surface area contributed by atoms with Gasteiger partial charge in [-0.25, -0.2) is 15.0 Å². The number of hydrogen-bond acceptors (Lipinski definition) is 6. The van der Waals surface area contributed by atoms with E-state index in [1.165, 1.54) is 0 Å². The predicted molar refractivity (Wildman–Crippen MR) is 146 cm³/mol. The number of benzene rings is 2. The van der Waals surface area contributed by atoms with Crippen LogP contribution in [-0.4, -0.2) is 47.1 Å². The average Bonchev–Trinajstić information content (AvgIpc) is 3.34. The maximum absolute atomic E-state index is 13.8. The van der Waals surface area contributed by atoms with Crippen LogP contribution >= 0.6 is 0 Å². The third-order valence-corrected chi connectivity index (χ3v) is 7.22. The highest BCUT2D eigenvalue weighted by atomic mass is 16.5. The zero-order valence-corrected chi connectivity index (χ0v) is 20.9. The number of allylic oxidation sites excluding steroid dienone is 1. The zero-order chi connectivity index (χ0) is 25.2. The minimum atomic E-state index is -0.0265. The highest BCUT2D eigenvalue weighted by Gasteiger charge is 2.29. The number of rotatable bonds is 5. The van der Waals surface area contributed by atoms with Crippen molar-refractivity contribution in [3.05, 3.63) is 89.4 Å². The molecule has 0 bridgehead atoms. The Hall–Kier alpha value is -4.26. The third-order valence-electron chi connectivity index (χ3n) is 7.22. The van der Waals surface area contributed by atoms with Gasteiger partial charge in [0.2, 0.25) is 5.95 Å². The average molecular weight is 492 g/mol. The highest BCUT2D eigenvalue weighted by molar-refractivity contribution is 6.09. The standard InChI is InChI=1S/C30H29N5O2/c1-37-23-12-9-20(10-13-23)18-21-11-14-25-27(24-7-2-3-8-26(24)34-28(21)25)29(36)33-22-6-4-17-35(19-22)30-31-15-5-16-32-30/h2-3,5,7-10,12-13,15-16,18,22H,4,6,11,14,17,19H2,1H3,(H,33,36)/b21-18-. The first-order chi connectivity index (χ1) is 18.2. The summed E-state index contributed by atoms with van der Waals surface area (Å²) in [7, 11) is 1.67. The number of fused-ring (bicyclic) bond motifs is 2. The SMILES string of the molecule is COc1ccc(/C=C2/CCc3c2nc2ccccc2c3C(=O)NC2CCCN(c3ncccn3)C2)cc1. The van der Waals surface area contributed by atoms with Gasteiger partial charge in [-0.15, -0.1) is 0 Å². The summed E-state index contributed by atoms with van der Waals surface area (Å²) < 4.78 is 5.29. The molecule has 0 spiro atoms. The van der Waals surface area contributed by atoms with Crippen LogP contribution in [0.15, 0.2) is 67.0 Å². The number of aromatic nitrogens is 3. The summed E-state index contributed by atoms with van der Waals surface area (Å²) in [5.74, 6) is 1.52. The van der Waals surface area contributed by atoms with Crippen LogP contribution in [0, 0.1) is 0 Å². The van der Waals surface area contributed by atoms with Crippen molar-refractivity contribution in [3.8, 4) is 5.75 Å². The first kappa shape index (κ1) is 23.2. The fourth-order valence-corrected chi connectivity index (χ4v) is 5.43. The van der Waals surface area contributed by atoms with Crippen LogP contribution in [0.3, 0.4) is 0 Å². The molecule has 4 aromatic rings. The Kier molecular flexibility index (Phi) is 6.26. The molecular weight excluding hydrogens is 462 g/mol. The molecule has 3 heterocycles. The van der Waals surface area contributed by atoms with E-state index in [1.54, 1.807) is 19.5 Å². The van der Waals surface area contributed by atoms with Gasteiger partial charge in [-0.1, -0.05) is 30.3 Å². The Bertz CT molecular complexity index is 1470. The normalized spacial score (nSPS) is 18.1. The summed E-state index contributed by atoms with van der Waals surface area (Å²) in [6.07, 6.45) is 9.26. The molecule has 2 aromatic carbocycles. The van der Waals surface area contributed by atoms with E-state index in [0.29, 0.717) is 12.5 Å². The molecule has 6 rings (SSSR count). The van der Waals surface area contributed by atoms with Crippen molar-refractivity contribution < 1.29 is 9.53 Å². The molecule has 1 aliphatic carbocycles. The number of amides is 1. The molecule has 1 atom stereocenters. The lowest BCUT2D eigenvalue weighted by Crippen LogP contribution is -2.48. The van der Waals surface area contributed by atoms with E-state index in [1.807, 2.05) is 54.6 Å². The summed E-state index contributed by atoms with van der Waals surface area (Å²) in [5, 5.41) is 4.24. The van der Waals surface area contributed by atoms with Gasteiger partial charge >= 0.3 is 0 Å². The molecule has 186 valence electrons. The van der Waals surface area contributed by atoms with Gasteiger partial charge in [-0.05, 0) is 72.7 Å². The van der Waals surface area contributed by atoms with Crippen LogP contribution in [-0.2, 0) is 6.42 Å². The van der Waals surface area contributed by atoms with Gasteiger partial charge in [-0.3, -0.25) is 4.79 Å². The zero-order valence-electron chi connectivity index (χ0n) is 20.9. The van der Waals surface area contributed by atoms with Crippen molar-refractivity contribution in [1.29, 1.82) is 0 Å². The van der Waals surface area contributed by atoms with Gasteiger partial charge in [0.25, 0.3) is 5.91 Å². The van der Waals surface area contributed by atoms with Crippen LogP contribution in [0.2, 0.25) is 0 Å². The van der Waals surface area contributed by atoms with E-state index in [4.69, 9.17) is 9.72 Å². The van der Waals surface area contributed by atoms with Gasteiger partial charge in [-0.2, -0.15) is 0 Å². The molecule has 7 nitrogen and oxygen atoms in total. The second-order valence-electron chi connectivity index (χ2n) is 9.58. The van der Waals surface area contributed by atoms with Crippen LogP contribution in [0.5, 0.6) is 5.75 Å². The van der Waals surface area contributed by atoms with Crippen LogP contribution in [0.1, 0.15) is 46.4 Å². The number of piperidine rings is 1. The lowest BCUT2D eigenvalue weighted by Gasteiger charge is -2.33. The number of nitrogens with zero attached hydrogens (tertiary/aromatic N) is 4. The van der Waals surface area contributed by atoms with Gasteiger partial charge in [0.1, 0.15) is 5.75 Å². The van der Waals surface area contributed by atoms with E-state index in [9.17, 15) is 4.79 Å². The molecule has 2 aliphatic rings. The summed E-state index contributed by atoms with van der Waals surface area (Å²) in [5.41, 5.74) is 5.82. The molecule has 0 saturated carbocycles. The number of carbonyl (C=O) groups excluding carboxylic acids is 1. The van der Waals surface area contributed by atoms with E-state index >= 15 is 0 Å². The first-order valence-corrected chi connectivity index (χ1v) is 12.8. The van der Waals surface area contributed by atoms with E-state index in [2.05, 4.69) is 26.3 Å². The second-order valence-corrected chi connectivity index (χ2v) is 9.58. The molecule has 7 heteroatoms. The molecule has 1 unspecified atom stereocenters. The Morgan fingerprint density at radius 3 is 2.68 bits per heavy atom. The predicted octanol–water partition coefficient (Wildman–Crippen LogP) is 4.92. The summed E-state index contributed by atoms with van der Waals surface area (Å²) in [4.78, 5) is 29.8. The van der Waals surface area contributed by atoms with Gasteiger partial charge in [0, 0.05) is 36.9 Å². The maximum Gasteiger partial charge on any atom is 0.252 e. The topological polar surface area (TPSA) is 80.2 Å². The van der Waals surface area contributed by atoms with Gasteiger partial charge < -0.3 is 15.0 Å². The van der Waals surface area contributed by atoms with Crippen molar-refractivity contribution in [3.63, 3.8) is 0 Å².